The maximum Gasteiger partial charge on any atom is 0.322 e. The number of aryl methyl sites for hydroxylation is 1. The summed E-state index contributed by atoms with van der Waals surface area (Å²) < 4.78 is 12.1. The van der Waals surface area contributed by atoms with Gasteiger partial charge in [-0.15, -0.1) is 0 Å². The lowest BCUT2D eigenvalue weighted by Gasteiger charge is -2.12. The fourth-order valence-electron chi connectivity index (χ4n) is 1.48. The molecule has 0 aliphatic heterocycles. The lowest BCUT2D eigenvalue weighted by Crippen LogP contribution is -2.38. The number of aliphatic carboxylic acids is 1. The summed E-state index contributed by atoms with van der Waals surface area (Å²) in [6.45, 7) is 3.00. The van der Waals surface area contributed by atoms with E-state index in [-0.39, 0.29) is 5.75 Å². The first-order chi connectivity index (χ1) is 8.91. The maximum absolute atomic E-state index is 12.1. The van der Waals surface area contributed by atoms with Crippen molar-refractivity contribution in [3.05, 3.63) is 35.4 Å². The normalized spacial score (nSPS) is 13.6. The summed E-state index contributed by atoms with van der Waals surface area (Å²) >= 11 is 0. The predicted molar refractivity (Wildman–Crippen MR) is 73.1 cm³/mol. The highest BCUT2D eigenvalue weighted by Crippen LogP contribution is 2.12. The van der Waals surface area contributed by atoms with Gasteiger partial charge in [-0.05, 0) is 25.0 Å². The molecule has 0 aromatic heterocycles. The molecule has 2 unspecified atom stereocenters. The van der Waals surface area contributed by atoms with Crippen LogP contribution in [0.25, 0.3) is 0 Å². The molecule has 0 fully saturated rings. The molecule has 0 saturated carbocycles. The number of carboxylic acids is 1. The van der Waals surface area contributed by atoms with Gasteiger partial charge in [-0.25, -0.2) is 0 Å². The predicted octanol–water partition coefficient (Wildman–Crippen LogP) is 0.833. The number of carbonyl (C=O) groups is 2. The minimum absolute atomic E-state index is 0.286. The Balaban J connectivity index is 2.60. The van der Waals surface area contributed by atoms with E-state index in [9.17, 15) is 13.8 Å². The van der Waals surface area contributed by atoms with Gasteiger partial charge in [0.25, 0.3) is 0 Å². The van der Waals surface area contributed by atoms with Crippen LogP contribution in [-0.2, 0) is 26.1 Å². The summed E-state index contributed by atoms with van der Waals surface area (Å²) in [6.07, 6.45) is 0. The third kappa shape index (κ3) is 4.82. The number of carboxylic acid groups (broad SMARTS) is 1. The van der Waals surface area contributed by atoms with Crippen molar-refractivity contribution in [1.82, 2.24) is 5.32 Å². The summed E-state index contributed by atoms with van der Waals surface area (Å²) in [5, 5.41) is 9.96. The van der Waals surface area contributed by atoms with E-state index < -0.39 is 34.5 Å². The van der Waals surface area contributed by atoms with E-state index in [1.165, 1.54) is 6.92 Å². The Morgan fingerprint density at radius 1 is 1.37 bits per heavy atom. The standard InChI is InChI=1S/C13H17NO4S/c1-9-5-3-4-6-11(9)8-19(18)10(2)13(17)14-7-12(15)16/h3-6,10H,7-8H2,1-2H3,(H,14,17)(H,15,16). The second kappa shape index (κ2) is 7.04. The number of benzene rings is 1. The zero-order chi connectivity index (χ0) is 14.4. The molecule has 1 rings (SSSR count). The molecule has 0 radical (unpaired) electrons. The van der Waals surface area contributed by atoms with Crippen molar-refractivity contribution >= 4 is 22.7 Å². The third-order valence-corrected chi connectivity index (χ3v) is 4.33. The van der Waals surface area contributed by atoms with Gasteiger partial charge in [-0.2, -0.15) is 0 Å². The number of hydrogen-bond donors (Lipinski definition) is 2. The SMILES string of the molecule is Cc1ccccc1CS(=O)C(C)C(=O)NCC(=O)O. The zero-order valence-electron chi connectivity index (χ0n) is 10.9. The molecule has 19 heavy (non-hydrogen) atoms. The molecule has 6 heteroatoms. The number of hydrogen-bond acceptors (Lipinski definition) is 3. The number of carbonyl (C=O) groups excluding carboxylic acids is 1. The number of nitrogens with one attached hydrogen (secondary N) is 1. The molecule has 1 aromatic carbocycles. The van der Waals surface area contributed by atoms with E-state index in [1.807, 2.05) is 31.2 Å². The fourth-order valence-corrected chi connectivity index (χ4v) is 2.68. The number of amides is 1. The van der Waals surface area contributed by atoms with Crippen LogP contribution in [-0.4, -0.2) is 33.0 Å². The number of rotatable bonds is 6. The fraction of sp³-hybridized carbons (Fsp3) is 0.385. The summed E-state index contributed by atoms with van der Waals surface area (Å²) in [7, 11) is -1.38. The summed E-state index contributed by atoms with van der Waals surface area (Å²) in [4.78, 5) is 21.9. The Labute approximate surface area is 114 Å². The average Bonchev–Trinajstić information content (AvgIpc) is 2.37. The molecule has 1 aromatic rings. The molecule has 0 aliphatic rings. The lowest BCUT2D eigenvalue weighted by molar-refractivity contribution is -0.137. The molecule has 5 nitrogen and oxygen atoms in total. The van der Waals surface area contributed by atoms with Crippen molar-refractivity contribution < 1.29 is 18.9 Å². The lowest BCUT2D eigenvalue weighted by atomic mass is 10.1. The maximum atomic E-state index is 12.1. The summed E-state index contributed by atoms with van der Waals surface area (Å²) in [5.41, 5.74) is 1.95. The molecule has 0 spiro atoms. The highest BCUT2D eigenvalue weighted by Gasteiger charge is 2.20. The largest absolute Gasteiger partial charge is 0.480 e. The summed E-state index contributed by atoms with van der Waals surface area (Å²) in [5.74, 6) is -1.34. The van der Waals surface area contributed by atoms with Crippen LogP contribution in [0.4, 0.5) is 0 Å². The molecule has 1 amide bonds. The van der Waals surface area contributed by atoms with Gasteiger partial charge in [0.2, 0.25) is 5.91 Å². The van der Waals surface area contributed by atoms with Crippen LogP contribution in [0.1, 0.15) is 18.1 Å². The van der Waals surface area contributed by atoms with Crippen LogP contribution < -0.4 is 5.32 Å². The van der Waals surface area contributed by atoms with E-state index in [0.29, 0.717) is 0 Å². The topological polar surface area (TPSA) is 83.5 Å². The van der Waals surface area contributed by atoms with E-state index in [2.05, 4.69) is 5.32 Å². The molecule has 0 aliphatic carbocycles. The van der Waals surface area contributed by atoms with Crippen LogP contribution in [0.2, 0.25) is 0 Å². The van der Waals surface area contributed by atoms with Crippen molar-refractivity contribution in [2.45, 2.75) is 24.9 Å². The van der Waals surface area contributed by atoms with Crippen molar-refractivity contribution in [3.63, 3.8) is 0 Å². The molecular formula is C13H17NO4S. The van der Waals surface area contributed by atoms with Crippen LogP contribution in [0, 0.1) is 6.92 Å². The smallest absolute Gasteiger partial charge is 0.322 e. The van der Waals surface area contributed by atoms with Crippen molar-refractivity contribution in [2.75, 3.05) is 6.54 Å². The highest BCUT2D eigenvalue weighted by molar-refractivity contribution is 7.85. The minimum Gasteiger partial charge on any atom is -0.480 e. The Morgan fingerprint density at radius 2 is 2.00 bits per heavy atom. The Hall–Kier alpha value is -1.69. The van der Waals surface area contributed by atoms with Crippen LogP contribution in [0.15, 0.2) is 24.3 Å². The first-order valence-corrected chi connectivity index (χ1v) is 7.21. The third-order valence-electron chi connectivity index (χ3n) is 2.74. The van der Waals surface area contributed by atoms with Gasteiger partial charge >= 0.3 is 5.97 Å². The van der Waals surface area contributed by atoms with Crippen LogP contribution in [0.5, 0.6) is 0 Å². The Morgan fingerprint density at radius 3 is 2.58 bits per heavy atom. The van der Waals surface area contributed by atoms with Crippen molar-refractivity contribution in [1.29, 1.82) is 0 Å². The highest BCUT2D eigenvalue weighted by atomic mass is 32.2. The zero-order valence-corrected chi connectivity index (χ0v) is 11.7. The van der Waals surface area contributed by atoms with E-state index >= 15 is 0 Å². The van der Waals surface area contributed by atoms with Crippen LogP contribution in [0.3, 0.4) is 0 Å². The molecular weight excluding hydrogens is 266 g/mol. The van der Waals surface area contributed by atoms with Crippen LogP contribution >= 0.6 is 0 Å². The minimum atomic E-state index is -1.38. The molecule has 2 N–H and O–H groups in total. The first kappa shape index (κ1) is 15.4. The molecule has 0 heterocycles. The second-order valence-corrected chi connectivity index (χ2v) is 5.96. The van der Waals surface area contributed by atoms with E-state index in [1.54, 1.807) is 0 Å². The quantitative estimate of drug-likeness (QED) is 0.810. The summed E-state index contributed by atoms with van der Waals surface area (Å²) in [6, 6.07) is 7.54. The van der Waals surface area contributed by atoms with E-state index in [4.69, 9.17) is 5.11 Å². The molecule has 104 valence electrons. The van der Waals surface area contributed by atoms with Gasteiger partial charge in [0.05, 0.1) is 0 Å². The average molecular weight is 283 g/mol. The van der Waals surface area contributed by atoms with Gasteiger partial charge in [0, 0.05) is 16.6 Å². The van der Waals surface area contributed by atoms with E-state index in [0.717, 1.165) is 11.1 Å². The van der Waals surface area contributed by atoms with Gasteiger partial charge < -0.3 is 10.4 Å². The second-order valence-electron chi connectivity index (χ2n) is 4.21. The molecule has 0 saturated heterocycles. The first-order valence-electron chi connectivity index (χ1n) is 5.83. The van der Waals surface area contributed by atoms with Gasteiger partial charge in [0.1, 0.15) is 11.8 Å². The Kier molecular flexibility index (Phi) is 5.69. The van der Waals surface area contributed by atoms with Crippen molar-refractivity contribution in [2.24, 2.45) is 0 Å². The van der Waals surface area contributed by atoms with Gasteiger partial charge in [-0.1, -0.05) is 24.3 Å². The Bertz CT molecular complexity index is 501. The van der Waals surface area contributed by atoms with Gasteiger partial charge in [-0.3, -0.25) is 13.8 Å². The molecule has 2 atom stereocenters. The van der Waals surface area contributed by atoms with Gasteiger partial charge in [0.15, 0.2) is 0 Å². The molecule has 0 bridgehead atoms. The monoisotopic (exact) mass is 283 g/mol. The van der Waals surface area contributed by atoms with Crippen molar-refractivity contribution in [3.8, 4) is 0 Å².